The molecule has 0 spiro atoms. The van der Waals surface area contributed by atoms with Crippen LogP contribution in [0.25, 0.3) is 6.08 Å². The molecule has 0 amide bonds. The van der Waals surface area contributed by atoms with E-state index in [2.05, 4.69) is 0 Å². The summed E-state index contributed by atoms with van der Waals surface area (Å²) in [5.74, 6) is 1.03. The van der Waals surface area contributed by atoms with Crippen LogP contribution in [-0.2, 0) is 4.74 Å². The lowest BCUT2D eigenvalue weighted by atomic mass is 9.90. The van der Waals surface area contributed by atoms with Crippen LogP contribution in [0, 0.1) is 0 Å². The summed E-state index contributed by atoms with van der Waals surface area (Å²) in [4.78, 5) is 0. The Labute approximate surface area is 213 Å². The standard InChI is InChI=1S/C26H32O11/c1-33-18-10-14(5-6-17(18)35-26-23(32)22(31)21(30)20(12-29)36-26)24-16(11-28)15-8-13(4-3-7-27)9-19(34-2)25(15)37-24/h3-6,8-10,16,20-24,26-32H,7,11-12H2,1-2H3/b4-3+/t16-,20?,21?,22?,23?,24-,26?/m0/s1. The summed E-state index contributed by atoms with van der Waals surface area (Å²) >= 11 is 0. The number of benzene rings is 2. The minimum absolute atomic E-state index is 0.112. The Kier molecular flexibility index (Phi) is 8.55. The molecule has 2 aromatic carbocycles. The van der Waals surface area contributed by atoms with Crippen molar-refractivity contribution in [2.75, 3.05) is 34.0 Å². The second kappa shape index (κ2) is 11.7. The first kappa shape index (κ1) is 27.1. The Balaban J connectivity index is 1.61. The van der Waals surface area contributed by atoms with Crippen LogP contribution in [0.5, 0.6) is 23.0 Å². The molecule has 7 atom stereocenters. The predicted octanol–water partition coefficient (Wildman–Crippen LogP) is 0.0976. The van der Waals surface area contributed by atoms with E-state index in [0.717, 1.165) is 11.1 Å². The van der Waals surface area contributed by atoms with Gasteiger partial charge < -0.3 is 54.3 Å². The van der Waals surface area contributed by atoms with Gasteiger partial charge in [0.15, 0.2) is 23.0 Å². The first-order valence-corrected chi connectivity index (χ1v) is 11.8. The highest BCUT2D eigenvalue weighted by atomic mass is 16.7. The predicted molar refractivity (Wildman–Crippen MR) is 130 cm³/mol. The van der Waals surface area contributed by atoms with E-state index in [1.54, 1.807) is 36.4 Å². The van der Waals surface area contributed by atoms with Crippen LogP contribution in [0.3, 0.4) is 0 Å². The minimum Gasteiger partial charge on any atom is -0.493 e. The molecule has 0 saturated carbocycles. The number of aliphatic hydroxyl groups excluding tert-OH is 6. The first-order chi connectivity index (χ1) is 17.9. The van der Waals surface area contributed by atoms with E-state index >= 15 is 0 Å². The molecule has 2 aromatic rings. The highest BCUT2D eigenvalue weighted by Gasteiger charge is 2.45. The summed E-state index contributed by atoms with van der Waals surface area (Å²) in [7, 11) is 2.95. The lowest BCUT2D eigenvalue weighted by Crippen LogP contribution is -2.60. The maximum absolute atomic E-state index is 10.3. The molecular formula is C26H32O11. The molecule has 37 heavy (non-hydrogen) atoms. The van der Waals surface area contributed by atoms with Crippen molar-refractivity contribution in [3.8, 4) is 23.0 Å². The smallest absolute Gasteiger partial charge is 0.229 e. The summed E-state index contributed by atoms with van der Waals surface area (Å²) in [5, 5.41) is 59.1. The molecule has 6 N–H and O–H groups in total. The van der Waals surface area contributed by atoms with Gasteiger partial charge in [-0.05, 0) is 35.4 Å². The molecule has 0 bridgehead atoms. The molecule has 2 aliphatic heterocycles. The van der Waals surface area contributed by atoms with Crippen molar-refractivity contribution in [3.05, 3.63) is 53.1 Å². The van der Waals surface area contributed by atoms with Gasteiger partial charge in [-0.2, -0.15) is 0 Å². The highest BCUT2D eigenvalue weighted by molar-refractivity contribution is 5.62. The second-order valence-electron chi connectivity index (χ2n) is 8.78. The van der Waals surface area contributed by atoms with E-state index in [1.807, 2.05) is 6.07 Å². The van der Waals surface area contributed by atoms with Crippen molar-refractivity contribution in [1.29, 1.82) is 0 Å². The van der Waals surface area contributed by atoms with Gasteiger partial charge in [0, 0.05) is 5.56 Å². The van der Waals surface area contributed by atoms with Crippen LogP contribution in [0.15, 0.2) is 36.4 Å². The largest absolute Gasteiger partial charge is 0.493 e. The summed E-state index contributed by atoms with van der Waals surface area (Å²) in [6.45, 7) is -0.900. The third-order valence-electron chi connectivity index (χ3n) is 6.56. The lowest BCUT2D eigenvalue weighted by molar-refractivity contribution is -0.277. The maximum Gasteiger partial charge on any atom is 0.229 e. The SMILES string of the molecule is COc1cc([C@@H]2Oc3c(OC)cc(/C=C/CO)cc3[C@@H]2CO)ccc1OC1OC(CO)C(O)C(O)C1O. The first-order valence-electron chi connectivity index (χ1n) is 11.8. The molecule has 1 saturated heterocycles. The monoisotopic (exact) mass is 520 g/mol. The highest BCUT2D eigenvalue weighted by Crippen LogP contribution is 2.51. The minimum atomic E-state index is -1.58. The Morgan fingerprint density at radius 3 is 2.27 bits per heavy atom. The molecule has 0 aliphatic carbocycles. The molecule has 2 heterocycles. The molecule has 5 unspecified atom stereocenters. The number of fused-ring (bicyclic) bond motifs is 1. The zero-order chi connectivity index (χ0) is 26.7. The van der Waals surface area contributed by atoms with Crippen LogP contribution in [0.2, 0.25) is 0 Å². The van der Waals surface area contributed by atoms with Gasteiger partial charge in [0.05, 0.1) is 40.0 Å². The van der Waals surface area contributed by atoms with E-state index < -0.39 is 49.3 Å². The topological polar surface area (TPSA) is 168 Å². The van der Waals surface area contributed by atoms with Gasteiger partial charge in [0.25, 0.3) is 0 Å². The Morgan fingerprint density at radius 1 is 0.865 bits per heavy atom. The Morgan fingerprint density at radius 2 is 1.62 bits per heavy atom. The van der Waals surface area contributed by atoms with Crippen LogP contribution in [-0.4, -0.2) is 95.4 Å². The number of methoxy groups -OCH3 is 2. The third-order valence-corrected chi connectivity index (χ3v) is 6.56. The van der Waals surface area contributed by atoms with Gasteiger partial charge in [-0.3, -0.25) is 0 Å². The fourth-order valence-electron chi connectivity index (χ4n) is 4.60. The lowest BCUT2D eigenvalue weighted by Gasteiger charge is -2.39. The van der Waals surface area contributed by atoms with Crippen LogP contribution < -0.4 is 18.9 Å². The van der Waals surface area contributed by atoms with Gasteiger partial charge in [-0.1, -0.05) is 18.2 Å². The van der Waals surface area contributed by atoms with Crippen molar-refractivity contribution < 1.29 is 54.3 Å². The summed E-state index contributed by atoms with van der Waals surface area (Å²) < 4.78 is 28.4. The number of rotatable bonds is 9. The molecule has 202 valence electrons. The van der Waals surface area contributed by atoms with Crippen molar-refractivity contribution >= 4 is 6.08 Å². The zero-order valence-electron chi connectivity index (χ0n) is 20.4. The number of aliphatic hydroxyl groups is 6. The average molecular weight is 521 g/mol. The van der Waals surface area contributed by atoms with E-state index in [-0.39, 0.29) is 24.7 Å². The molecule has 0 aromatic heterocycles. The third kappa shape index (κ3) is 5.25. The van der Waals surface area contributed by atoms with Gasteiger partial charge in [-0.25, -0.2) is 0 Å². The quantitative estimate of drug-likeness (QED) is 0.265. The van der Waals surface area contributed by atoms with Gasteiger partial charge in [0.1, 0.15) is 30.5 Å². The molecule has 2 aliphatic rings. The second-order valence-corrected chi connectivity index (χ2v) is 8.78. The Hall–Kier alpha value is -2.90. The average Bonchev–Trinajstić information content (AvgIpc) is 3.30. The Bertz CT molecular complexity index is 1100. The van der Waals surface area contributed by atoms with Gasteiger partial charge in [-0.15, -0.1) is 0 Å². The van der Waals surface area contributed by atoms with Crippen molar-refractivity contribution in [3.63, 3.8) is 0 Å². The molecule has 11 heteroatoms. The molecule has 1 fully saturated rings. The summed E-state index contributed by atoms with van der Waals surface area (Å²) in [5.41, 5.74) is 2.21. The van der Waals surface area contributed by atoms with Gasteiger partial charge >= 0.3 is 0 Å². The van der Waals surface area contributed by atoms with Crippen LogP contribution in [0.1, 0.15) is 28.7 Å². The molecule has 0 radical (unpaired) electrons. The fraction of sp³-hybridized carbons (Fsp3) is 0.462. The zero-order valence-corrected chi connectivity index (χ0v) is 20.4. The fourth-order valence-corrected chi connectivity index (χ4v) is 4.60. The van der Waals surface area contributed by atoms with E-state index in [4.69, 9.17) is 28.8 Å². The molecule has 11 nitrogen and oxygen atoms in total. The van der Waals surface area contributed by atoms with E-state index in [9.17, 15) is 25.5 Å². The summed E-state index contributed by atoms with van der Waals surface area (Å²) in [6.07, 6.45) is -4.38. The molecular weight excluding hydrogens is 488 g/mol. The van der Waals surface area contributed by atoms with E-state index in [0.29, 0.717) is 17.1 Å². The number of ether oxygens (including phenoxy) is 5. The van der Waals surface area contributed by atoms with Crippen LogP contribution >= 0.6 is 0 Å². The summed E-state index contributed by atoms with van der Waals surface area (Å²) in [6, 6.07) is 8.60. The van der Waals surface area contributed by atoms with Crippen molar-refractivity contribution in [1.82, 2.24) is 0 Å². The normalized spacial score (nSPS) is 29.1. The van der Waals surface area contributed by atoms with Gasteiger partial charge in [0.2, 0.25) is 6.29 Å². The van der Waals surface area contributed by atoms with Crippen molar-refractivity contribution in [2.24, 2.45) is 0 Å². The van der Waals surface area contributed by atoms with Crippen molar-refractivity contribution in [2.45, 2.75) is 42.7 Å². The molecule has 4 rings (SSSR count). The van der Waals surface area contributed by atoms with E-state index in [1.165, 1.54) is 14.2 Å². The number of hydrogen-bond acceptors (Lipinski definition) is 11. The van der Waals surface area contributed by atoms with Crippen LogP contribution in [0.4, 0.5) is 0 Å². The maximum atomic E-state index is 10.3. The number of hydrogen-bond donors (Lipinski definition) is 6.